The number of hydrogen-bond acceptors (Lipinski definition) is 7. The maximum Gasteiger partial charge on any atom is 0.468 e. The predicted molar refractivity (Wildman–Crippen MR) is 79.0 cm³/mol. The number of aromatic nitrogens is 6. The number of para-hydroxylation sites is 1. The summed E-state index contributed by atoms with van der Waals surface area (Å²) in [7, 11) is 0. The van der Waals surface area contributed by atoms with Crippen molar-refractivity contribution in [3.63, 3.8) is 0 Å². The lowest BCUT2D eigenvalue weighted by molar-refractivity contribution is -0.157. The average molecular weight is 362 g/mol. The zero-order valence-electron chi connectivity index (χ0n) is 12.9. The van der Waals surface area contributed by atoms with Gasteiger partial charge in [-0.15, -0.1) is 0 Å². The van der Waals surface area contributed by atoms with Crippen LogP contribution in [-0.2, 0) is 12.6 Å². The molecule has 0 saturated heterocycles. The molecule has 4 rings (SSSR count). The summed E-state index contributed by atoms with van der Waals surface area (Å²) in [6, 6.07) is 9.28. The highest BCUT2D eigenvalue weighted by Gasteiger charge is 2.37. The minimum Gasteiger partial charge on any atom is -0.441 e. The number of rotatable bonds is 4. The summed E-state index contributed by atoms with van der Waals surface area (Å²) >= 11 is 0. The summed E-state index contributed by atoms with van der Waals surface area (Å²) < 4.78 is 47.0. The van der Waals surface area contributed by atoms with E-state index in [0.717, 1.165) is 12.0 Å². The molecule has 0 aliphatic heterocycles. The van der Waals surface area contributed by atoms with Crippen LogP contribution in [-0.4, -0.2) is 30.1 Å². The first-order valence-electron chi connectivity index (χ1n) is 7.31. The van der Waals surface area contributed by atoms with Crippen molar-refractivity contribution in [3.8, 4) is 17.2 Å². The summed E-state index contributed by atoms with van der Waals surface area (Å²) in [6.45, 7) is 0. The van der Waals surface area contributed by atoms with E-state index in [2.05, 4.69) is 29.7 Å². The van der Waals surface area contributed by atoms with E-state index < -0.39 is 12.1 Å². The summed E-state index contributed by atoms with van der Waals surface area (Å²) in [6.07, 6.45) is -2.15. The number of alkyl halides is 3. The zero-order valence-corrected chi connectivity index (χ0v) is 12.9. The largest absolute Gasteiger partial charge is 0.468 e. The molecule has 0 bridgehead atoms. The Morgan fingerprint density at radius 2 is 1.88 bits per heavy atom. The molecule has 0 aliphatic rings. The third kappa shape index (κ3) is 3.18. The van der Waals surface area contributed by atoms with Crippen LogP contribution in [0.4, 0.5) is 13.2 Å². The molecule has 0 radical (unpaired) electrons. The third-order valence-corrected chi connectivity index (χ3v) is 3.30. The standard InChI is InChI=1S/C15H9F3N6O2/c16-15(17,18)14-20-11(8-25-14)13-21-12(26-23-13)6-9-7-19-24(22-9)10-4-2-1-3-5-10/h1-5,7-8H,6H2. The molecular weight excluding hydrogens is 353 g/mol. The Morgan fingerprint density at radius 1 is 1.08 bits per heavy atom. The van der Waals surface area contributed by atoms with Crippen LogP contribution in [0.2, 0.25) is 0 Å². The van der Waals surface area contributed by atoms with E-state index in [1.54, 1.807) is 0 Å². The Balaban J connectivity index is 1.51. The topological polar surface area (TPSA) is 95.7 Å². The average Bonchev–Trinajstić information content (AvgIpc) is 3.35. The highest BCUT2D eigenvalue weighted by atomic mass is 19.4. The van der Waals surface area contributed by atoms with E-state index in [0.29, 0.717) is 5.69 Å². The van der Waals surface area contributed by atoms with Gasteiger partial charge in [0.25, 0.3) is 0 Å². The van der Waals surface area contributed by atoms with Crippen LogP contribution in [0.1, 0.15) is 17.5 Å². The van der Waals surface area contributed by atoms with Gasteiger partial charge < -0.3 is 8.94 Å². The molecule has 0 N–H and O–H groups in total. The highest BCUT2D eigenvalue weighted by Crippen LogP contribution is 2.30. The van der Waals surface area contributed by atoms with Crippen molar-refractivity contribution < 1.29 is 22.1 Å². The fourth-order valence-corrected chi connectivity index (χ4v) is 2.15. The van der Waals surface area contributed by atoms with E-state index in [-0.39, 0.29) is 23.8 Å². The van der Waals surface area contributed by atoms with E-state index in [1.807, 2.05) is 30.3 Å². The van der Waals surface area contributed by atoms with Crippen LogP contribution < -0.4 is 0 Å². The minimum atomic E-state index is -4.68. The van der Waals surface area contributed by atoms with Gasteiger partial charge in [0.1, 0.15) is 6.26 Å². The van der Waals surface area contributed by atoms with Gasteiger partial charge in [-0.3, -0.25) is 0 Å². The maximum absolute atomic E-state index is 12.5. The highest BCUT2D eigenvalue weighted by molar-refractivity contribution is 5.46. The number of benzene rings is 1. The Hall–Kier alpha value is -3.50. The van der Waals surface area contributed by atoms with Crippen LogP contribution in [0.3, 0.4) is 0 Å². The van der Waals surface area contributed by atoms with Crippen molar-refractivity contribution in [2.75, 3.05) is 0 Å². The lowest BCUT2D eigenvalue weighted by atomic mass is 10.3. The molecule has 0 aliphatic carbocycles. The minimum absolute atomic E-state index is 0.102. The smallest absolute Gasteiger partial charge is 0.441 e. The van der Waals surface area contributed by atoms with Crippen LogP contribution in [0.25, 0.3) is 17.2 Å². The van der Waals surface area contributed by atoms with Crippen molar-refractivity contribution >= 4 is 0 Å². The van der Waals surface area contributed by atoms with Gasteiger partial charge in [-0.25, -0.2) is 4.98 Å². The summed E-state index contributed by atoms with van der Waals surface area (Å²) in [5, 5.41) is 12.0. The fraction of sp³-hybridized carbons (Fsp3) is 0.133. The van der Waals surface area contributed by atoms with Crippen molar-refractivity contribution in [2.45, 2.75) is 12.6 Å². The zero-order chi connectivity index (χ0) is 18.1. The molecule has 0 fully saturated rings. The molecule has 8 nitrogen and oxygen atoms in total. The first kappa shape index (κ1) is 16.0. The molecule has 132 valence electrons. The Bertz CT molecular complexity index is 1020. The van der Waals surface area contributed by atoms with Gasteiger partial charge in [0, 0.05) is 0 Å². The molecular formula is C15H9F3N6O2. The summed E-state index contributed by atoms with van der Waals surface area (Å²) in [4.78, 5) is 8.76. The molecule has 0 unspecified atom stereocenters. The van der Waals surface area contributed by atoms with Crippen LogP contribution in [0.5, 0.6) is 0 Å². The Labute approximate surface area is 143 Å². The SMILES string of the molecule is FC(F)(F)c1nc(-c2noc(Cc3cnn(-c4ccccc4)n3)n2)co1. The normalized spacial score (nSPS) is 11.8. The predicted octanol–water partition coefficient (Wildman–Crippen LogP) is 2.91. The Morgan fingerprint density at radius 3 is 2.62 bits per heavy atom. The molecule has 0 saturated carbocycles. The lowest BCUT2D eigenvalue weighted by Crippen LogP contribution is -2.04. The molecule has 0 amide bonds. The second kappa shape index (κ2) is 6.10. The first-order valence-corrected chi connectivity index (χ1v) is 7.31. The number of nitrogens with zero attached hydrogens (tertiary/aromatic N) is 6. The van der Waals surface area contributed by atoms with E-state index in [4.69, 9.17) is 4.52 Å². The molecule has 3 aromatic heterocycles. The van der Waals surface area contributed by atoms with Crippen molar-refractivity contribution in [3.05, 3.63) is 60.3 Å². The first-order chi connectivity index (χ1) is 12.5. The van der Waals surface area contributed by atoms with Crippen molar-refractivity contribution in [1.82, 2.24) is 30.1 Å². The van der Waals surface area contributed by atoms with E-state index in [1.165, 1.54) is 11.0 Å². The van der Waals surface area contributed by atoms with Gasteiger partial charge in [-0.05, 0) is 12.1 Å². The molecule has 0 atom stereocenters. The number of halogens is 3. The van der Waals surface area contributed by atoms with E-state index >= 15 is 0 Å². The van der Waals surface area contributed by atoms with Gasteiger partial charge in [0.15, 0.2) is 5.69 Å². The molecule has 11 heteroatoms. The second-order valence-electron chi connectivity index (χ2n) is 5.19. The van der Waals surface area contributed by atoms with Crippen molar-refractivity contribution in [1.29, 1.82) is 0 Å². The van der Waals surface area contributed by atoms with Crippen LogP contribution in [0.15, 0.2) is 51.7 Å². The number of hydrogen-bond donors (Lipinski definition) is 0. The monoisotopic (exact) mass is 362 g/mol. The molecule has 1 aromatic carbocycles. The lowest BCUT2D eigenvalue weighted by Gasteiger charge is -1.97. The van der Waals surface area contributed by atoms with Gasteiger partial charge in [0.05, 0.1) is 24.0 Å². The van der Waals surface area contributed by atoms with Crippen LogP contribution in [0, 0.1) is 0 Å². The van der Waals surface area contributed by atoms with E-state index in [9.17, 15) is 13.2 Å². The molecule has 4 aromatic rings. The Kier molecular flexibility index (Phi) is 3.75. The summed E-state index contributed by atoms with van der Waals surface area (Å²) in [5.41, 5.74) is 1.17. The second-order valence-corrected chi connectivity index (χ2v) is 5.19. The molecule has 26 heavy (non-hydrogen) atoms. The quantitative estimate of drug-likeness (QED) is 0.551. The molecule has 0 spiro atoms. The van der Waals surface area contributed by atoms with Gasteiger partial charge in [-0.1, -0.05) is 23.4 Å². The van der Waals surface area contributed by atoms with Gasteiger partial charge in [-0.2, -0.15) is 33.1 Å². The molecule has 3 heterocycles. The van der Waals surface area contributed by atoms with Gasteiger partial charge in [0.2, 0.25) is 11.7 Å². The summed E-state index contributed by atoms with van der Waals surface area (Å²) in [5.74, 6) is -1.31. The maximum atomic E-state index is 12.5. The third-order valence-electron chi connectivity index (χ3n) is 3.30. The van der Waals surface area contributed by atoms with Crippen LogP contribution >= 0.6 is 0 Å². The van der Waals surface area contributed by atoms with Gasteiger partial charge >= 0.3 is 12.1 Å². The number of oxazole rings is 1. The van der Waals surface area contributed by atoms with Crippen molar-refractivity contribution in [2.24, 2.45) is 0 Å². The fourth-order valence-electron chi connectivity index (χ4n) is 2.15.